The molecule has 4 heterocycles. The van der Waals surface area contributed by atoms with Gasteiger partial charge in [-0.3, -0.25) is 4.57 Å². The highest BCUT2D eigenvalue weighted by atomic mass is 28.4. The van der Waals surface area contributed by atoms with Crippen LogP contribution in [0.3, 0.4) is 0 Å². The second-order valence-corrected chi connectivity index (χ2v) is 15.7. The van der Waals surface area contributed by atoms with Crippen LogP contribution in [0.25, 0.3) is 28.1 Å². The van der Waals surface area contributed by atoms with Crippen LogP contribution in [-0.4, -0.2) is 43.6 Å². The van der Waals surface area contributed by atoms with E-state index in [0.717, 1.165) is 36.8 Å². The first-order chi connectivity index (χ1) is 16.6. The molecular weight excluding hydrogens is 458 g/mol. The van der Waals surface area contributed by atoms with Crippen LogP contribution < -0.4 is 5.69 Å². The third-order valence-electron chi connectivity index (χ3n) is 7.63. The monoisotopic (exact) mass is 489 g/mol. The Morgan fingerprint density at radius 3 is 2.63 bits per heavy atom. The first-order valence-corrected chi connectivity index (χ1v) is 15.0. The molecule has 5 rings (SSSR count). The van der Waals surface area contributed by atoms with E-state index in [1.54, 1.807) is 39.8 Å². The molecule has 0 aromatic carbocycles. The van der Waals surface area contributed by atoms with E-state index in [4.69, 9.17) is 9.41 Å². The van der Waals surface area contributed by atoms with Crippen molar-refractivity contribution < 1.29 is 4.43 Å². The van der Waals surface area contributed by atoms with Crippen molar-refractivity contribution in [3.8, 4) is 17.5 Å². The zero-order valence-electron chi connectivity index (χ0n) is 20.9. The minimum absolute atomic E-state index is 0.0624. The van der Waals surface area contributed by atoms with Crippen LogP contribution in [0.1, 0.15) is 58.1 Å². The SMILES string of the molecule is CC(C)(C)[Si](C)(C)O[C@H]1CC[C@H](n2c(=O)[nH]c3cnc(-c4cnn5ccc(C#N)cc45)nc32)CC1. The number of fused-ring (bicyclic) bond motifs is 2. The molecule has 0 atom stereocenters. The van der Waals surface area contributed by atoms with Gasteiger partial charge in [-0.2, -0.15) is 10.4 Å². The summed E-state index contributed by atoms with van der Waals surface area (Å²) < 4.78 is 10.1. The van der Waals surface area contributed by atoms with Gasteiger partial charge in [-0.25, -0.2) is 19.3 Å². The predicted molar refractivity (Wildman–Crippen MR) is 137 cm³/mol. The summed E-state index contributed by atoms with van der Waals surface area (Å²) in [5, 5.41) is 13.8. The smallest absolute Gasteiger partial charge is 0.327 e. The summed E-state index contributed by atoms with van der Waals surface area (Å²) in [4.78, 5) is 25.1. The van der Waals surface area contributed by atoms with Crippen molar-refractivity contribution in [1.82, 2.24) is 29.1 Å². The Labute approximate surface area is 204 Å². The molecule has 4 aromatic heterocycles. The number of nitrogens with zero attached hydrogens (tertiary/aromatic N) is 6. The number of hydrogen-bond acceptors (Lipinski definition) is 6. The molecule has 182 valence electrons. The van der Waals surface area contributed by atoms with Gasteiger partial charge in [0, 0.05) is 18.3 Å². The number of nitriles is 1. The zero-order chi connectivity index (χ0) is 25.0. The van der Waals surface area contributed by atoms with Crippen molar-refractivity contribution in [2.45, 2.75) is 76.7 Å². The molecule has 1 N–H and O–H groups in total. The summed E-state index contributed by atoms with van der Waals surface area (Å²) in [5.41, 5.74) is 3.06. The van der Waals surface area contributed by atoms with Gasteiger partial charge in [0.25, 0.3) is 0 Å². The average Bonchev–Trinajstić information content (AvgIpc) is 3.37. The Kier molecular flexibility index (Phi) is 5.65. The summed E-state index contributed by atoms with van der Waals surface area (Å²) in [6, 6.07) is 5.70. The van der Waals surface area contributed by atoms with Crippen LogP contribution in [-0.2, 0) is 4.43 Å². The summed E-state index contributed by atoms with van der Waals surface area (Å²) in [6.45, 7) is 11.4. The fourth-order valence-corrected chi connectivity index (χ4v) is 6.04. The average molecular weight is 490 g/mol. The molecular formula is C25H31N7O2Si. The van der Waals surface area contributed by atoms with Gasteiger partial charge in [0.05, 0.1) is 35.1 Å². The Bertz CT molecular complexity index is 1490. The lowest BCUT2D eigenvalue weighted by Gasteiger charge is -2.41. The van der Waals surface area contributed by atoms with E-state index < -0.39 is 8.32 Å². The van der Waals surface area contributed by atoms with Crippen LogP contribution in [0.4, 0.5) is 0 Å². The van der Waals surface area contributed by atoms with Crippen molar-refractivity contribution in [2.24, 2.45) is 0 Å². The molecule has 1 aliphatic carbocycles. The van der Waals surface area contributed by atoms with E-state index >= 15 is 0 Å². The number of nitrogens with one attached hydrogen (secondary N) is 1. The van der Waals surface area contributed by atoms with Gasteiger partial charge in [-0.1, -0.05) is 20.8 Å². The van der Waals surface area contributed by atoms with Crippen LogP contribution in [0.15, 0.2) is 35.5 Å². The number of aromatic nitrogens is 6. The molecule has 0 saturated heterocycles. The van der Waals surface area contributed by atoms with E-state index in [2.05, 4.69) is 55.0 Å². The van der Waals surface area contributed by atoms with Crippen LogP contribution >= 0.6 is 0 Å². The summed E-state index contributed by atoms with van der Waals surface area (Å²) >= 11 is 0. The molecule has 9 nitrogen and oxygen atoms in total. The molecule has 1 saturated carbocycles. The molecule has 0 aliphatic heterocycles. The van der Waals surface area contributed by atoms with Crippen LogP contribution in [0.2, 0.25) is 18.1 Å². The van der Waals surface area contributed by atoms with Gasteiger partial charge in [-0.15, -0.1) is 0 Å². The molecule has 0 spiro atoms. The van der Waals surface area contributed by atoms with Crippen molar-refractivity contribution in [1.29, 1.82) is 5.26 Å². The largest absolute Gasteiger partial charge is 0.414 e. The van der Waals surface area contributed by atoms with E-state index in [0.29, 0.717) is 22.6 Å². The van der Waals surface area contributed by atoms with Crippen molar-refractivity contribution in [2.75, 3.05) is 0 Å². The van der Waals surface area contributed by atoms with E-state index in [1.807, 2.05) is 0 Å². The van der Waals surface area contributed by atoms with Crippen molar-refractivity contribution in [3.05, 3.63) is 46.8 Å². The van der Waals surface area contributed by atoms with Crippen LogP contribution in [0.5, 0.6) is 0 Å². The number of imidazole rings is 1. The Morgan fingerprint density at radius 2 is 1.94 bits per heavy atom. The number of H-pyrrole nitrogens is 1. The zero-order valence-corrected chi connectivity index (χ0v) is 21.9. The topological polar surface area (TPSA) is 114 Å². The maximum Gasteiger partial charge on any atom is 0.327 e. The highest BCUT2D eigenvalue weighted by Gasteiger charge is 2.40. The molecule has 0 radical (unpaired) electrons. The third-order valence-corrected chi connectivity index (χ3v) is 12.2. The molecule has 1 aliphatic rings. The lowest BCUT2D eigenvalue weighted by atomic mass is 9.93. The Morgan fingerprint density at radius 1 is 1.20 bits per heavy atom. The fourth-order valence-electron chi connectivity index (χ4n) is 4.62. The highest BCUT2D eigenvalue weighted by Crippen LogP contribution is 2.40. The molecule has 10 heteroatoms. The molecule has 1 fully saturated rings. The fraction of sp³-hybridized carbons (Fsp3) is 0.480. The molecule has 0 bridgehead atoms. The number of hydrogen-bond donors (Lipinski definition) is 1. The van der Waals surface area contributed by atoms with Gasteiger partial charge in [0.2, 0.25) is 0 Å². The number of pyridine rings is 1. The van der Waals surface area contributed by atoms with E-state index in [1.165, 1.54) is 0 Å². The van der Waals surface area contributed by atoms with Gasteiger partial charge < -0.3 is 9.41 Å². The summed E-state index contributed by atoms with van der Waals surface area (Å²) in [7, 11) is -1.83. The lowest BCUT2D eigenvalue weighted by Crippen LogP contribution is -2.45. The molecule has 35 heavy (non-hydrogen) atoms. The number of rotatable bonds is 4. The molecule has 0 amide bonds. The van der Waals surface area contributed by atoms with Gasteiger partial charge in [0.15, 0.2) is 19.8 Å². The van der Waals surface area contributed by atoms with Gasteiger partial charge in [-0.05, 0) is 55.9 Å². The maximum absolute atomic E-state index is 12.9. The summed E-state index contributed by atoms with van der Waals surface area (Å²) in [5.74, 6) is 0.477. The minimum Gasteiger partial charge on any atom is -0.414 e. The van der Waals surface area contributed by atoms with Gasteiger partial charge >= 0.3 is 5.69 Å². The van der Waals surface area contributed by atoms with E-state index in [-0.39, 0.29) is 22.9 Å². The predicted octanol–water partition coefficient (Wildman–Crippen LogP) is 4.81. The second-order valence-electron chi connectivity index (χ2n) is 11.0. The molecule has 4 aromatic rings. The second kappa shape index (κ2) is 8.43. The lowest BCUT2D eigenvalue weighted by molar-refractivity contribution is 0.118. The third kappa shape index (κ3) is 4.19. The standard InChI is InChI=1S/C25H31N7O2Si/c1-25(2,3)35(4,5)34-18-8-6-17(7-9-18)32-23-20(29-24(32)33)15-27-22(30-23)19-14-28-31-11-10-16(13-26)12-21(19)31/h10-12,14-15,17-18H,6-9H2,1-5H3,(H,29,33)/t17-,18-. The Balaban J connectivity index is 1.44. The molecule has 0 unspecified atom stereocenters. The number of aromatic amines is 1. The summed E-state index contributed by atoms with van der Waals surface area (Å²) in [6.07, 6.45) is 8.92. The quantitative estimate of drug-likeness (QED) is 0.411. The van der Waals surface area contributed by atoms with Crippen molar-refractivity contribution >= 4 is 25.0 Å². The van der Waals surface area contributed by atoms with Gasteiger partial charge in [0.1, 0.15) is 5.52 Å². The minimum atomic E-state index is -1.83. The first-order valence-electron chi connectivity index (χ1n) is 12.1. The Hall–Kier alpha value is -3.29. The first kappa shape index (κ1) is 23.4. The van der Waals surface area contributed by atoms with Crippen LogP contribution in [0, 0.1) is 11.3 Å². The highest BCUT2D eigenvalue weighted by molar-refractivity contribution is 6.74. The maximum atomic E-state index is 12.9. The normalized spacial score (nSPS) is 19.3. The van der Waals surface area contributed by atoms with E-state index in [9.17, 15) is 10.1 Å². The van der Waals surface area contributed by atoms with Crippen molar-refractivity contribution in [3.63, 3.8) is 0 Å².